The minimum atomic E-state index is -0.0607. The molecule has 2 saturated heterocycles. The van der Waals surface area contributed by atoms with Gasteiger partial charge in [-0.1, -0.05) is 48.5 Å². The summed E-state index contributed by atoms with van der Waals surface area (Å²) in [5.41, 5.74) is 2.39. The van der Waals surface area contributed by atoms with E-state index in [1.807, 2.05) is 31.2 Å². The van der Waals surface area contributed by atoms with Crippen LogP contribution in [0.4, 0.5) is 5.82 Å². The fourth-order valence-electron chi connectivity index (χ4n) is 5.16. The number of nitrogens with zero attached hydrogens (tertiary/aromatic N) is 4. The smallest absolute Gasteiger partial charge is 0.263 e. The summed E-state index contributed by atoms with van der Waals surface area (Å²) in [5, 5.41) is 3.35. The Kier molecular flexibility index (Phi) is 7.76. The molecule has 188 valence electrons. The van der Waals surface area contributed by atoms with Gasteiger partial charge in [0.05, 0.1) is 5.92 Å². The maximum absolute atomic E-state index is 13.2. The van der Waals surface area contributed by atoms with Gasteiger partial charge in [0, 0.05) is 51.2 Å². The molecule has 1 atom stereocenters. The van der Waals surface area contributed by atoms with Crippen LogP contribution in [-0.4, -0.2) is 53.0 Å². The number of anilines is 1. The molecule has 2 aromatic carbocycles. The van der Waals surface area contributed by atoms with Crippen LogP contribution >= 0.6 is 0 Å². The Hall–Kier alpha value is -3.45. The topological polar surface area (TPSA) is 70.6 Å². The number of aromatic nitrogens is 2. The molecule has 0 aliphatic carbocycles. The lowest BCUT2D eigenvalue weighted by molar-refractivity contribution is -0.126. The van der Waals surface area contributed by atoms with Crippen molar-refractivity contribution >= 4 is 11.7 Å². The van der Waals surface area contributed by atoms with Gasteiger partial charge in [-0.2, -0.15) is 0 Å². The summed E-state index contributed by atoms with van der Waals surface area (Å²) in [6.07, 6.45) is 7.15. The van der Waals surface area contributed by atoms with Crippen LogP contribution in [0.3, 0.4) is 0 Å². The molecule has 0 radical (unpaired) electrons. The first-order valence-corrected chi connectivity index (χ1v) is 13.0. The average Bonchev–Trinajstić information content (AvgIpc) is 2.92. The normalized spacial score (nSPS) is 19.1. The van der Waals surface area contributed by atoms with Crippen molar-refractivity contribution in [3.05, 3.63) is 78.1 Å². The third kappa shape index (κ3) is 6.02. The predicted octanol–water partition coefficient (Wildman–Crippen LogP) is 4.57. The fraction of sp³-hybridized carbons (Fsp3) is 0.414. The van der Waals surface area contributed by atoms with Gasteiger partial charge in [0.2, 0.25) is 5.91 Å². The van der Waals surface area contributed by atoms with Gasteiger partial charge < -0.3 is 15.0 Å². The molecular formula is C29H35N5O2. The number of ether oxygens (including phenoxy) is 1. The summed E-state index contributed by atoms with van der Waals surface area (Å²) < 4.78 is 6.14. The van der Waals surface area contributed by atoms with E-state index in [-0.39, 0.29) is 17.9 Å². The number of benzene rings is 2. The van der Waals surface area contributed by atoms with Crippen molar-refractivity contribution in [3.63, 3.8) is 0 Å². The molecular weight excluding hydrogens is 450 g/mol. The summed E-state index contributed by atoms with van der Waals surface area (Å²) in [4.78, 5) is 26.9. The molecule has 1 amide bonds. The van der Waals surface area contributed by atoms with Crippen molar-refractivity contribution in [2.45, 2.75) is 45.2 Å². The summed E-state index contributed by atoms with van der Waals surface area (Å²) in [6, 6.07) is 18.7. The number of hydrogen-bond donors (Lipinski definition) is 1. The van der Waals surface area contributed by atoms with E-state index in [4.69, 9.17) is 4.74 Å². The number of hydrogen-bond acceptors (Lipinski definition) is 6. The highest BCUT2D eigenvalue weighted by molar-refractivity contribution is 5.80. The Morgan fingerprint density at radius 1 is 0.972 bits per heavy atom. The van der Waals surface area contributed by atoms with E-state index in [0.29, 0.717) is 18.2 Å². The minimum absolute atomic E-state index is 0.0607. The Morgan fingerprint density at radius 2 is 1.72 bits per heavy atom. The van der Waals surface area contributed by atoms with Gasteiger partial charge in [-0.05, 0) is 49.8 Å². The van der Waals surface area contributed by atoms with Crippen LogP contribution in [0.2, 0.25) is 0 Å². The van der Waals surface area contributed by atoms with E-state index in [1.165, 1.54) is 5.56 Å². The van der Waals surface area contributed by atoms with Crippen molar-refractivity contribution in [1.29, 1.82) is 0 Å². The molecule has 1 aromatic heterocycles. The lowest BCUT2D eigenvalue weighted by Gasteiger charge is -2.36. The van der Waals surface area contributed by atoms with Gasteiger partial charge in [-0.15, -0.1) is 0 Å². The number of rotatable bonds is 7. The lowest BCUT2D eigenvalue weighted by atomic mass is 9.95. The second-order valence-corrected chi connectivity index (χ2v) is 9.88. The van der Waals surface area contributed by atoms with E-state index in [0.717, 1.165) is 63.2 Å². The second-order valence-electron chi connectivity index (χ2n) is 9.88. The average molecular weight is 486 g/mol. The van der Waals surface area contributed by atoms with Gasteiger partial charge in [0.1, 0.15) is 5.75 Å². The van der Waals surface area contributed by atoms with Crippen LogP contribution in [0.1, 0.15) is 36.8 Å². The SMILES string of the molecule is Cc1ccccc1Oc1nccnc1N1CCC[C@H](C(=O)NC2CCN(Cc3ccccc3)CC2)C1. The largest absolute Gasteiger partial charge is 0.436 e. The van der Waals surface area contributed by atoms with Crippen molar-refractivity contribution < 1.29 is 9.53 Å². The number of carbonyl (C=O) groups excluding carboxylic acids is 1. The Labute approximate surface area is 213 Å². The zero-order valence-corrected chi connectivity index (χ0v) is 21.0. The number of carbonyl (C=O) groups is 1. The molecule has 2 aliphatic heterocycles. The molecule has 36 heavy (non-hydrogen) atoms. The quantitative estimate of drug-likeness (QED) is 0.529. The zero-order valence-electron chi connectivity index (χ0n) is 21.0. The van der Waals surface area contributed by atoms with Crippen LogP contribution in [0.15, 0.2) is 67.0 Å². The number of piperidine rings is 2. The third-order valence-corrected chi connectivity index (χ3v) is 7.22. The molecule has 0 unspecified atom stereocenters. The van der Waals surface area contributed by atoms with Crippen molar-refractivity contribution in [2.75, 3.05) is 31.1 Å². The van der Waals surface area contributed by atoms with E-state index >= 15 is 0 Å². The number of aryl methyl sites for hydroxylation is 1. The standard InChI is InChI=1S/C29H35N5O2/c1-22-8-5-6-12-26(22)36-29-27(30-15-16-31-29)34-17-7-11-24(21-34)28(35)32-25-13-18-33(19-14-25)20-23-9-3-2-4-10-23/h2-6,8-10,12,15-16,24-25H,7,11,13-14,17-21H2,1H3,(H,32,35)/t24-/m0/s1. The predicted molar refractivity (Wildman–Crippen MR) is 141 cm³/mol. The van der Waals surface area contributed by atoms with Crippen LogP contribution in [-0.2, 0) is 11.3 Å². The molecule has 0 spiro atoms. The van der Waals surface area contributed by atoms with E-state index in [9.17, 15) is 4.79 Å². The molecule has 3 aromatic rings. The fourth-order valence-corrected chi connectivity index (χ4v) is 5.16. The molecule has 0 bridgehead atoms. The van der Waals surface area contributed by atoms with Gasteiger partial charge in [0.15, 0.2) is 5.82 Å². The highest BCUT2D eigenvalue weighted by Gasteiger charge is 2.30. The number of para-hydroxylation sites is 1. The first kappa shape index (κ1) is 24.3. The maximum Gasteiger partial charge on any atom is 0.263 e. The van der Waals surface area contributed by atoms with Crippen molar-refractivity contribution in [3.8, 4) is 11.6 Å². The summed E-state index contributed by atoms with van der Waals surface area (Å²) in [5.74, 6) is 2.05. The molecule has 3 heterocycles. The highest BCUT2D eigenvalue weighted by Crippen LogP contribution is 2.32. The van der Waals surface area contributed by atoms with Crippen molar-refractivity contribution in [2.24, 2.45) is 5.92 Å². The molecule has 7 heteroatoms. The molecule has 2 fully saturated rings. The van der Waals surface area contributed by atoms with E-state index in [1.54, 1.807) is 12.4 Å². The van der Waals surface area contributed by atoms with Crippen molar-refractivity contribution in [1.82, 2.24) is 20.2 Å². The highest BCUT2D eigenvalue weighted by atomic mass is 16.5. The summed E-state index contributed by atoms with van der Waals surface area (Å²) in [6.45, 7) is 6.47. The van der Waals surface area contributed by atoms with Crippen LogP contribution < -0.4 is 15.0 Å². The van der Waals surface area contributed by atoms with Gasteiger partial charge >= 0.3 is 0 Å². The second kappa shape index (κ2) is 11.5. The molecule has 5 rings (SSSR count). The van der Waals surface area contributed by atoms with Gasteiger partial charge in [0.25, 0.3) is 5.88 Å². The zero-order chi connectivity index (χ0) is 24.7. The van der Waals surface area contributed by atoms with Crippen LogP contribution in [0, 0.1) is 12.8 Å². The number of likely N-dealkylation sites (tertiary alicyclic amines) is 1. The Morgan fingerprint density at radius 3 is 2.53 bits per heavy atom. The lowest BCUT2D eigenvalue weighted by Crippen LogP contribution is -2.49. The maximum atomic E-state index is 13.2. The monoisotopic (exact) mass is 485 g/mol. The summed E-state index contributed by atoms with van der Waals surface area (Å²) >= 11 is 0. The van der Waals surface area contributed by atoms with Crippen LogP contribution in [0.25, 0.3) is 0 Å². The Bertz CT molecular complexity index is 1150. The van der Waals surface area contributed by atoms with Gasteiger partial charge in [-0.3, -0.25) is 9.69 Å². The first-order chi connectivity index (χ1) is 17.7. The van der Waals surface area contributed by atoms with Gasteiger partial charge in [-0.25, -0.2) is 9.97 Å². The number of nitrogens with one attached hydrogen (secondary N) is 1. The molecule has 1 N–H and O–H groups in total. The first-order valence-electron chi connectivity index (χ1n) is 13.0. The Balaban J connectivity index is 1.16. The minimum Gasteiger partial charge on any atom is -0.436 e. The van der Waals surface area contributed by atoms with Crippen LogP contribution in [0.5, 0.6) is 11.6 Å². The van der Waals surface area contributed by atoms with E-state index < -0.39 is 0 Å². The van der Waals surface area contributed by atoms with E-state index in [2.05, 4.69) is 55.4 Å². The third-order valence-electron chi connectivity index (χ3n) is 7.22. The number of amides is 1. The molecule has 7 nitrogen and oxygen atoms in total. The molecule has 2 aliphatic rings. The summed E-state index contributed by atoms with van der Waals surface area (Å²) in [7, 11) is 0. The molecule has 0 saturated carbocycles.